The summed E-state index contributed by atoms with van der Waals surface area (Å²) in [4.78, 5) is 22.7. The maximum atomic E-state index is 11.9. The zero-order chi connectivity index (χ0) is 15.6. The van der Waals surface area contributed by atoms with Crippen LogP contribution in [0.2, 0.25) is 0 Å². The van der Waals surface area contributed by atoms with Gasteiger partial charge in [-0.25, -0.2) is 13.6 Å². The number of carbonyl (C=O) groups excluding carboxylic acids is 1. The van der Waals surface area contributed by atoms with E-state index in [1.54, 1.807) is 6.07 Å². The van der Waals surface area contributed by atoms with Crippen LogP contribution in [0, 0.1) is 11.8 Å². The van der Waals surface area contributed by atoms with E-state index in [-0.39, 0.29) is 17.3 Å². The second-order valence-electron chi connectivity index (χ2n) is 5.04. The fourth-order valence-electron chi connectivity index (χ4n) is 2.26. The number of carboxylic acids is 1. The van der Waals surface area contributed by atoms with Crippen molar-refractivity contribution in [1.82, 2.24) is 5.32 Å². The number of primary sulfonamides is 1. The van der Waals surface area contributed by atoms with Crippen molar-refractivity contribution in [2.45, 2.75) is 24.3 Å². The average Bonchev–Trinajstić information content (AvgIpc) is 2.33. The summed E-state index contributed by atoms with van der Waals surface area (Å²) >= 11 is 0. The number of nitrogens with one attached hydrogen (secondary N) is 1. The lowest BCUT2D eigenvalue weighted by Gasteiger charge is -2.31. The van der Waals surface area contributed by atoms with Crippen LogP contribution in [-0.2, 0) is 26.2 Å². The predicted octanol–water partition coefficient (Wildman–Crippen LogP) is 0.0610. The Kier molecular flexibility index (Phi) is 4.29. The molecule has 1 amide bonds. The Labute approximate surface area is 122 Å². The number of hydrogen-bond acceptors (Lipinski definition) is 4. The molecule has 21 heavy (non-hydrogen) atoms. The Balaban J connectivity index is 1.97. The maximum absolute atomic E-state index is 11.9. The lowest BCUT2D eigenvalue weighted by molar-refractivity contribution is -0.152. The molecule has 1 saturated carbocycles. The van der Waals surface area contributed by atoms with Gasteiger partial charge in [-0.15, -0.1) is 0 Å². The predicted molar refractivity (Wildman–Crippen MR) is 73.5 cm³/mol. The third kappa shape index (κ3) is 3.59. The van der Waals surface area contributed by atoms with Gasteiger partial charge < -0.3 is 10.4 Å². The van der Waals surface area contributed by atoms with Gasteiger partial charge in [-0.3, -0.25) is 9.59 Å². The van der Waals surface area contributed by atoms with Gasteiger partial charge in [0, 0.05) is 6.54 Å². The van der Waals surface area contributed by atoms with Gasteiger partial charge in [0.15, 0.2) is 0 Å². The van der Waals surface area contributed by atoms with Crippen LogP contribution in [0.25, 0.3) is 0 Å². The van der Waals surface area contributed by atoms with Crippen molar-refractivity contribution in [3.63, 3.8) is 0 Å². The van der Waals surface area contributed by atoms with E-state index < -0.39 is 27.8 Å². The fourth-order valence-corrected chi connectivity index (χ4v) is 2.85. The van der Waals surface area contributed by atoms with Gasteiger partial charge in [-0.05, 0) is 30.5 Å². The van der Waals surface area contributed by atoms with Gasteiger partial charge in [-0.2, -0.15) is 0 Å². The summed E-state index contributed by atoms with van der Waals surface area (Å²) in [5, 5.41) is 16.6. The summed E-state index contributed by atoms with van der Waals surface area (Å²) in [7, 11) is -3.78. The number of nitrogens with two attached hydrogens (primary N) is 1. The summed E-state index contributed by atoms with van der Waals surface area (Å²) in [6.45, 7) is 0.130. The third-order valence-electron chi connectivity index (χ3n) is 3.62. The molecule has 0 radical (unpaired) electrons. The molecule has 1 aliphatic carbocycles. The first-order valence-corrected chi connectivity index (χ1v) is 7.96. The van der Waals surface area contributed by atoms with Crippen LogP contribution < -0.4 is 10.5 Å². The Morgan fingerprint density at radius 1 is 1.29 bits per heavy atom. The Bertz CT molecular complexity index is 671. The second kappa shape index (κ2) is 5.82. The zero-order valence-electron chi connectivity index (χ0n) is 11.2. The Morgan fingerprint density at radius 2 is 1.95 bits per heavy atom. The number of aliphatic carboxylic acids is 1. The van der Waals surface area contributed by atoms with Crippen molar-refractivity contribution in [2.24, 2.45) is 17.0 Å². The Morgan fingerprint density at radius 3 is 2.48 bits per heavy atom. The lowest BCUT2D eigenvalue weighted by Crippen LogP contribution is -2.43. The summed E-state index contributed by atoms with van der Waals surface area (Å²) in [5.74, 6) is -2.42. The van der Waals surface area contributed by atoms with E-state index in [0.717, 1.165) is 0 Å². The highest BCUT2D eigenvalue weighted by molar-refractivity contribution is 7.89. The number of hydrogen-bond donors (Lipinski definition) is 3. The minimum atomic E-state index is -3.78. The molecule has 114 valence electrons. The molecule has 2 unspecified atom stereocenters. The van der Waals surface area contributed by atoms with E-state index in [1.807, 2.05) is 0 Å². The topological polar surface area (TPSA) is 127 Å². The van der Waals surface area contributed by atoms with Crippen LogP contribution >= 0.6 is 0 Å². The van der Waals surface area contributed by atoms with E-state index >= 15 is 0 Å². The van der Waals surface area contributed by atoms with Crippen molar-refractivity contribution >= 4 is 21.9 Å². The average molecular weight is 312 g/mol. The SMILES string of the molecule is NS(=O)(=O)c1cccc(CNC(=O)C2CCC2C(=O)O)c1. The summed E-state index contributed by atoms with van der Waals surface area (Å²) < 4.78 is 22.5. The van der Waals surface area contributed by atoms with Crippen molar-refractivity contribution in [1.29, 1.82) is 0 Å². The standard InChI is InChI=1S/C13H16N2O5S/c14-21(19,20)9-3-1-2-8(6-9)7-15-12(16)10-4-5-11(10)13(17)18/h1-3,6,10-11H,4-5,7H2,(H,15,16)(H,17,18)(H2,14,19,20). The number of sulfonamides is 1. The summed E-state index contributed by atoms with van der Waals surface area (Å²) in [6, 6.07) is 5.94. The fraction of sp³-hybridized carbons (Fsp3) is 0.385. The van der Waals surface area contributed by atoms with Crippen LogP contribution in [0.15, 0.2) is 29.2 Å². The van der Waals surface area contributed by atoms with E-state index in [9.17, 15) is 18.0 Å². The van der Waals surface area contributed by atoms with E-state index in [2.05, 4.69) is 5.32 Å². The van der Waals surface area contributed by atoms with Gasteiger partial charge in [0.2, 0.25) is 15.9 Å². The van der Waals surface area contributed by atoms with Crippen LogP contribution in [0.5, 0.6) is 0 Å². The molecule has 7 nitrogen and oxygen atoms in total. The molecular formula is C13H16N2O5S. The highest BCUT2D eigenvalue weighted by Crippen LogP contribution is 2.34. The first kappa shape index (κ1) is 15.5. The van der Waals surface area contributed by atoms with Gasteiger partial charge >= 0.3 is 5.97 Å². The molecule has 4 N–H and O–H groups in total. The first-order chi connectivity index (χ1) is 9.79. The molecule has 2 rings (SSSR count). The molecule has 0 aliphatic heterocycles. The highest BCUT2D eigenvalue weighted by atomic mass is 32.2. The minimum absolute atomic E-state index is 0.0266. The third-order valence-corrected chi connectivity index (χ3v) is 4.53. The Hall–Kier alpha value is -1.93. The molecule has 1 aliphatic rings. The normalized spacial score (nSPS) is 21.4. The zero-order valence-corrected chi connectivity index (χ0v) is 12.0. The van der Waals surface area contributed by atoms with Crippen LogP contribution in [0.4, 0.5) is 0 Å². The van der Waals surface area contributed by atoms with E-state index in [0.29, 0.717) is 18.4 Å². The van der Waals surface area contributed by atoms with Gasteiger partial charge in [0.1, 0.15) is 0 Å². The number of carboxylic acid groups (broad SMARTS) is 1. The number of carbonyl (C=O) groups is 2. The van der Waals surface area contributed by atoms with Gasteiger partial charge in [0.05, 0.1) is 16.7 Å². The van der Waals surface area contributed by atoms with Crippen LogP contribution in [0.3, 0.4) is 0 Å². The largest absolute Gasteiger partial charge is 0.481 e. The van der Waals surface area contributed by atoms with Crippen LogP contribution in [-0.4, -0.2) is 25.4 Å². The summed E-state index contributed by atoms with van der Waals surface area (Å²) in [6.07, 6.45) is 1.06. The molecule has 0 aromatic heterocycles. The smallest absolute Gasteiger partial charge is 0.307 e. The number of benzene rings is 1. The van der Waals surface area contributed by atoms with Crippen molar-refractivity contribution in [3.8, 4) is 0 Å². The van der Waals surface area contributed by atoms with E-state index in [1.165, 1.54) is 18.2 Å². The van der Waals surface area contributed by atoms with E-state index in [4.69, 9.17) is 10.2 Å². The molecule has 0 bridgehead atoms. The van der Waals surface area contributed by atoms with Crippen molar-refractivity contribution < 1.29 is 23.1 Å². The number of rotatable bonds is 5. The van der Waals surface area contributed by atoms with Crippen LogP contribution in [0.1, 0.15) is 18.4 Å². The molecule has 0 heterocycles. The second-order valence-corrected chi connectivity index (χ2v) is 6.60. The van der Waals surface area contributed by atoms with Gasteiger partial charge in [-0.1, -0.05) is 12.1 Å². The monoisotopic (exact) mass is 312 g/mol. The van der Waals surface area contributed by atoms with Crippen molar-refractivity contribution in [3.05, 3.63) is 29.8 Å². The highest BCUT2D eigenvalue weighted by Gasteiger charge is 2.41. The molecule has 8 heteroatoms. The van der Waals surface area contributed by atoms with Crippen molar-refractivity contribution in [2.75, 3.05) is 0 Å². The summed E-state index contributed by atoms with van der Waals surface area (Å²) in [5.41, 5.74) is 0.584. The molecule has 0 saturated heterocycles. The number of amides is 1. The first-order valence-electron chi connectivity index (χ1n) is 6.41. The molecule has 2 atom stereocenters. The quantitative estimate of drug-likeness (QED) is 0.708. The maximum Gasteiger partial charge on any atom is 0.307 e. The molecule has 1 fully saturated rings. The van der Waals surface area contributed by atoms with Gasteiger partial charge in [0.25, 0.3) is 0 Å². The minimum Gasteiger partial charge on any atom is -0.481 e. The molecule has 0 spiro atoms. The lowest BCUT2D eigenvalue weighted by atomic mass is 9.73. The molecule has 1 aromatic carbocycles. The molecular weight excluding hydrogens is 296 g/mol. The molecule has 1 aromatic rings.